The van der Waals surface area contributed by atoms with Gasteiger partial charge in [0.05, 0.1) is 23.1 Å². The van der Waals surface area contributed by atoms with E-state index in [1.165, 1.54) is 24.3 Å². The van der Waals surface area contributed by atoms with Crippen LogP contribution < -0.4 is 4.89 Å². The van der Waals surface area contributed by atoms with E-state index in [0.717, 1.165) is 5.56 Å². The van der Waals surface area contributed by atoms with E-state index in [1.54, 1.807) is 0 Å². The van der Waals surface area contributed by atoms with Crippen molar-refractivity contribution in [2.75, 3.05) is 0 Å². The summed E-state index contributed by atoms with van der Waals surface area (Å²) in [6.45, 7) is 0.135. The van der Waals surface area contributed by atoms with Gasteiger partial charge in [0.2, 0.25) is 0 Å². The molecule has 0 radical (unpaired) electrons. The van der Waals surface area contributed by atoms with Gasteiger partial charge in [0.15, 0.2) is 0 Å². The topological polar surface area (TPSA) is 79.2 Å². The predicted octanol–water partition coefficient (Wildman–Crippen LogP) is 1.97. The predicted molar refractivity (Wildman–Crippen MR) is 72.7 cm³/mol. The first kappa shape index (κ1) is 14.2. The average Bonchev–Trinajstić information content (AvgIpc) is 2.48. The van der Waals surface area contributed by atoms with Crippen LogP contribution in [0.5, 0.6) is 0 Å². The number of nitrogens with one attached hydrogen (secondary N) is 1. The van der Waals surface area contributed by atoms with Gasteiger partial charge in [-0.3, -0.25) is 4.84 Å². The quantitative estimate of drug-likeness (QED) is 0.853. The third-order valence-electron chi connectivity index (χ3n) is 2.54. The molecule has 6 heteroatoms. The molecule has 5 nitrogen and oxygen atoms in total. The third kappa shape index (κ3) is 3.65. The first-order valence-corrected chi connectivity index (χ1v) is 7.28. The highest BCUT2D eigenvalue weighted by Gasteiger charge is 2.13. The second kappa shape index (κ2) is 6.30. The highest BCUT2D eigenvalue weighted by molar-refractivity contribution is 7.89. The smallest absolute Gasteiger partial charge is 0.262 e. The molecule has 0 heterocycles. The van der Waals surface area contributed by atoms with E-state index in [-0.39, 0.29) is 11.5 Å². The van der Waals surface area contributed by atoms with Crippen molar-refractivity contribution in [3.8, 4) is 6.07 Å². The Morgan fingerprint density at radius 3 is 2.30 bits per heavy atom. The molecule has 0 spiro atoms. The molecular weight excluding hydrogens is 276 g/mol. The molecule has 0 bridgehead atoms. The maximum Gasteiger partial charge on any atom is 0.262 e. The van der Waals surface area contributed by atoms with E-state index in [1.807, 2.05) is 36.4 Å². The number of nitriles is 1. The molecule has 1 N–H and O–H groups in total. The molecule has 0 atom stereocenters. The van der Waals surface area contributed by atoms with Crippen molar-refractivity contribution in [3.05, 3.63) is 65.7 Å². The Bertz CT molecular complexity index is 704. The van der Waals surface area contributed by atoms with Crippen LogP contribution in [0.2, 0.25) is 0 Å². The molecule has 0 aromatic heterocycles. The minimum absolute atomic E-state index is 0.0459. The van der Waals surface area contributed by atoms with Gasteiger partial charge in [-0.25, -0.2) is 8.42 Å². The SMILES string of the molecule is N#Cc1ccc(S(=O)(=O)NOCc2ccccc2)cc1. The van der Waals surface area contributed by atoms with E-state index in [0.29, 0.717) is 5.56 Å². The molecular formula is C14H12N2O3S. The number of rotatable bonds is 5. The molecule has 0 unspecified atom stereocenters. The van der Waals surface area contributed by atoms with Crippen LogP contribution in [-0.4, -0.2) is 8.42 Å². The maximum atomic E-state index is 11.9. The molecule has 0 saturated carbocycles. The number of hydrogen-bond donors (Lipinski definition) is 1. The van der Waals surface area contributed by atoms with Crippen LogP contribution in [0.4, 0.5) is 0 Å². The lowest BCUT2D eigenvalue weighted by molar-refractivity contribution is 0.0795. The van der Waals surface area contributed by atoms with Crippen molar-refractivity contribution in [3.63, 3.8) is 0 Å². The fourth-order valence-electron chi connectivity index (χ4n) is 1.52. The summed E-state index contributed by atoms with van der Waals surface area (Å²) in [6, 6.07) is 16.7. The molecule has 0 aliphatic heterocycles. The number of nitrogens with zero attached hydrogens (tertiary/aromatic N) is 1. The fourth-order valence-corrected chi connectivity index (χ4v) is 2.33. The van der Waals surface area contributed by atoms with Gasteiger partial charge in [0.1, 0.15) is 0 Å². The summed E-state index contributed by atoms with van der Waals surface area (Å²) < 4.78 is 23.8. The van der Waals surface area contributed by atoms with Crippen molar-refractivity contribution in [1.29, 1.82) is 5.26 Å². The van der Waals surface area contributed by atoms with E-state index in [2.05, 4.69) is 4.89 Å². The Hall–Kier alpha value is -2.20. The van der Waals surface area contributed by atoms with Gasteiger partial charge in [0, 0.05) is 0 Å². The van der Waals surface area contributed by atoms with Crippen LogP contribution in [0.3, 0.4) is 0 Å². The lowest BCUT2D eigenvalue weighted by Gasteiger charge is -2.07. The minimum Gasteiger partial charge on any atom is -0.282 e. The van der Waals surface area contributed by atoms with Gasteiger partial charge >= 0.3 is 0 Å². The zero-order chi connectivity index (χ0) is 14.4. The van der Waals surface area contributed by atoms with Crippen molar-refractivity contribution in [1.82, 2.24) is 4.89 Å². The molecule has 2 aromatic carbocycles. The van der Waals surface area contributed by atoms with Crippen molar-refractivity contribution in [2.24, 2.45) is 0 Å². The molecule has 2 aromatic rings. The first-order chi connectivity index (χ1) is 9.62. The lowest BCUT2D eigenvalue weighted by atomic mass is 10.2. The summed E-state index contributed by atoms with van der Waals surface area (Å²) in [7, 11) is -3.74. The highest BCUT2D eigenvalue weighted by atomic mass is 32.2. The number of sulfonamides is 1. The van der Waals surface area contributed by atoms with Crippen LogP contribution >= 0.6 is 0 Å². The summed E-state index contributed by atoms with van der Waals surface area (Å²) >= 11 is 0. The summed E-state index contributed by atoms with van der Waals surface area (Å²) in [4.78, 5) is 7.09. The zero-order valence-electron chi connectivity index (χ0n) is 10.5. The monoisotopic (exact) mass is 288 g/mol. The minimum atomic E-state index is -3.74. The van der Waals surface area contributed by atoms with Gasteiger partial charge < -0.3 is 0 Å². The third-order valence-corrected chi connectivity index (χ3v) is 3.77. The zero-order valence-corrected chi connectivity index (χ0v) is 11.3. The first-order valence-electron chi connectivity index (χ1n) is 5.79. The van der Waals surface area contributed by atoms with E-state index in [4.69, 9.17) is 10.1 Å². The molecule has 0 saturated heterocycles. The standard InChI is InChI=1S/C14H12N2O3S/c15-10-12-6-8-14(9-7-12)20(17,18)16-19-11-13-4-2-1-3-5-13/h1-9,16H,11H2. The van der Waals surface area contributed by atoms with Crippen LogP contribution in [0.15, 0.2) is 59.5 Å². The highest BCUT2D eigenvalue weighted by Crippen LogP contribution is 2.10. The Morgan fingerprint density at radius 2 is 1.70 bits per heavy atom. The molecule has 0 aliphatic carbocycles. The maximum absolute atomic E-state index is 11.9. The van der Waals surface area contributed by atoms with Gasteiger partial charge in [-0.15, -0.1) is 0 Å². The van der Waals surface area contributed by atoms with Crippen molar-refractivity contribution in [2.45, 2.75) is 11.5 Å². The number of hydrogen-bond acceptors (Lipinski definition) is 4. The van der Waals surface area contributed by atoms with E-state index < -0.39 is 10.0 Å². The lowest BCUT2D eigenvalue weighted by Crippen LogP contribution is -2.23. The van der Waals surface area contributed by atoms with E-state index >= 15 is 0 Å². The average molecular weight is 288 g/mol. The summed E-state index contributed by atoms with van der Waals surface area (Å²) in [5.74, 6) is 0. The van der Waals surface area contributed by atoms with Crippen LogP contribution in [0.25, 0.3) is 0 Å². The Labute approximate surface area is 117 Å². The molecule has 0 aliphatic rings. The summed E-state index contributed by atoms with van der Waals surface area (Å²) in [5, 5.41) is 8.66. The normalized spacial score (nSPS) is 10.9. The molecule has 2 rings (SSSR count). The summed E-state index contributed by atoms with van der Waals surface area (Å²) in [6.07, 6.45) is 0. The van der Waals surface area contributed by atoms with Crippen molar-refractivity contribution >= 4 is 10.0 Å². The van der Waals surface area contributed by atoms with E-state index in [9.17, 15) is 8.42 Å². The molecule has 0 amide bonds. The Kier molecular flexibility index (Phi) is 4.48. The van der Waals surface area contributed by atoms with Gasteiger partial charge in [-0.2, -0.15) is 5.26 Å². The van der Waals surface area contributed by atoms with Crippen molar-refractivity contribution < 1.29 is 13.3 Å². The van der Waals surface area contributed by atoms with Gasteiger partial charge in [-0.1, -0.05) is 35.2 Å². The molecule has 102 valence electrons. The second-order valence-electron chi connectivity index (χ2n) is 4.00. The molecule has 0 fully saturated rings. The summed E-state index contributed by atoms with van der Waals surface area (Å²) in [5.41, 5.74) is 1.25. The largest absolute Gasteiger partial charge is 0.282 e. The number of benzene rings is 2. The Morgan fingerprint density at radius 1 is 1.05 bits per heavy atom. The van der Waals surface area contributed by atoms with Gasteiger partial charge in [0.25, 0.3) is 10.0 Å². The Balaban J connectivity index is 1.99. The fraction of sp³-hybridized carbons (Fsp3) is 0.0714. The molecule has 20 heavy (non-hydrogen) atoms. The van der Waals surface area contributed by atoms with Gasteiger partial charge in [-0.05, 0) is 29.8 Å². The second-order valence-corrected chi connectivity index (χ2v) is 5.64. The van der Waals surface area contributed by atoms with Crippen LogP contribution in [-0.2, 0) is 21.5 Å². The van der Waals surface area contributed by atoms with Crippen LogP contribution in [0, 0.1) is 11.3 Å². The van der Waals surface area contributed by atoms with Crippen LogP contribution in [0.1, 0.15) is 11.1 Å².